The van der Waals surface area contributed by atoms with Crippen molar-refractivity contribution in [2.45, 2.75) is 76.6 Å². The summed E-state index contributed by atoms with van der Waals surface area (Å²) in [6.07, 6.45) is 5.07. The molecule has 142 valence electrons. The zero-order valence-electron chi connectivity index (χ0n) is 16.9. The van der Waals surface area contributed by atoms with Crippen molar-refractivity contribution in [2.24, 2.45) is 5.92 Å². The highest BCUT2D eigenvalue weighted by molar-refractivity contribution is 7.90. The third-order valence-corrected chi connectivity index (χ3v) is 7.26. The Labute approximate surface area is 157 Å². The summed E-state index contributed by atoms with van der Waals surface area (Å²) in [6, 6.07) is 5.98. The largest absolute Gasteiger partial charge is 0.598 e. The Bertz CT molecular complexity index is 558. The normalized spacial score (nSPS) is 24.9. The van der Waals surface area contributed by atoms with Crippen LogP contribution in [0, 0.1) is 5.92 Å². The number of pyridine rings is 1. The highest BCUT2D eigenvalue weighted by Gasteiger charge is 2.40. The molecule has 0 radical (unpaired) electrons. The van der Waals surface area contributed by atoms with Gasteiger partial charge in [-0.2, -0.15) is 0 Å². The molecule has 0 bridgehead atoms. The van der Waals surface area contributed by atoms with Crippen molar-refractivity contribution in [1.29, 1.82) is 0 Å². The number of rotatable bonds is 6. The fourth-order valence-corrected chi connectivity index (χ4v) is 4.45. The van der Waals surface area contributed by atoms with Crippen LogP contribution in [0.3, 0.4) is 0 Å². The van der Waals surface area contributed by atoms with Gasteiger partial charge in [-0.05, 0) is 85.9 Å². The standard InChI is InChI=1S/C20H35N3OS/c1-18(2,3)25(24)22-20(6,17-10-8-9-13-21-17)12-11-16-14-19(4,5)23(7)15-16/h8-10,13,16,22H,11-12,14-15H2,1-7H3. The molecule has 1 aliphatic heterocycles. The molecule has 2 rings (SSSR count). The van der Waals surface area contributed by atoms with Crippen LogP contribution in [0.1, 0.15) is 66.5 Å². The fourth-order valence-electron chi connectivity index (χ4n) is 3.53. The maximum atomic E-state index is 12.8. The van der Waals surface area contributed by atoms with Crippen LogP contribution in [0.5, 0.6) is 0 Å². The minimum absolute atomic E-state index is 0.272. The lowest BCUT2D eigenvalue weighted by molar-refractivity contribution is 0.218. The SMILES string of the molecule is CN1CC(CCC(C)(N[S+]([O-])C(C)(C)C)c2ccccn2)CC1(C)C. The van der Waals surface area contributed by atoms with Gasteiger partial charge in [-0.1, -0.05) is 6.07 Å². The van der Waals surface area contributed by atoms with E-state index < -0.39 is 11.4 Å². The zero-order valence-corrected chi connectivity index (χ0v) is 17.7. The molecule has 1 N–H and O–H groups in total. The second kappa shape index (κ2) is 7.55. The van der Waals surface area contributed by atoms with Crippen molar-refractivity contribution < 1.29 is 4.55 Å². The fraction of sp³-hybridized carbons (Fsp3) is 0.750. The third-order valence-electron chi connectivity index (χ3n) is 5.51. The number of nitrogens with one attached hydrogen (secondary N) is 1. The smallest absolute Gasteiger partial charge is 0.136 e. The molecule has 0 spiro atoms. The van der Waals surface area contributed by atoms with Crippen molar-refractivity contribution in [3.63, 3.8) is 0 Å². The summed E-state index contributed by atoms with van der Waals surface area (Å²) in [6.45, 7) is 13.9. The molecule has 0 aromatic carbocycles. The molecular formula is C20H35N3OS. The first kappa shape index (κ1) is 20.7. The first-order valence-electron chi connectivity index (χ1n) is 9.26. The van der Waals surface area contributed by atoms with Crippen LogP contribution >= 0.6 is 0 Å². The number of nitrogens with zero attached hydrogens (tertiary/aromatic N) is 2. The highest BCUT2D eigenvalue weighted by Crippen LogP contribution is 2.37. The Balaban J connectivity index is 2.13. The maximum Gasteiger partial charge on any atom is 0.136 e. The van der Waals surface area contributed by atoms with E-state index in [-0.39, 0.29) is 15.8 Å². The Morgan fingerprint density at radius 3 is 2.48 bits per heavy atom. The van der Waals surface area contributed by atoms with E-state index in [1.807, 2.05) is 45.2 Å². The van der Waals surface area contributed by atoms with Crippen LogP contribution in [0.25, 0.3) is 0 Å². The van der Waals surface area contributed by atoms with Crippen molar-refractivity contribution in [2.75, 3.05) is 13.6 Å². The van der Waals surface area contributed by atoms with Crippen LogP contribution < -0.4 is 4.72 Å². The Hall–Kier alpha value is -0.620. The van der Waals surface area contributed by atoms with Gasteiger partial charge in [0.05, 0.1) is 5.69 Å². The van der Waals surface area contributed by atoms with E-state index in [1.165, 1.54) is 6.42 Å². The van der Waals surface area contributed by atoms with Crippen LogP contribution in [-0.4, -0.2) is 38.3 Å². The van der Waals surface area contributed by atoms with Crippen molar-refractivity contribution in [3.05, 3.63) is 30.1 Å². The lowest BCUT2D eigenvalue weighted by atomic mass is 9.86. The molecule has 0 aliphatic carbocycles. The van der Waals surface area contributed by atoms with E-state index in [0.717, 1.165) is 25.1 Å². The molecule has 3 unspecified atom stereocenters. The van der Waals surface area contributed by atoms with Gasteiger partial charge in [-0.25, -0.2) is 0 Å². The summed E-state index contributed by atoms with van der Waals surface area (Å²) in [4.78, 5) is 7.02. The summed E-state index contributed by atoms with van der Waals surface area (Å²) in [7, 11) is 2.21. The average Bonchev–Trinajstić information content (AvgIpc) is 2.78. The van der Waals surface area contributed by atoms with E-state index in [4.69, 9.17) is 0 Å². The predicted molar refractivity (Wildman–Crippen MR) is 107 cm³/mol. The van der Waals surface area contributed by atoms with Gasteiger partial charge < -0.3 is 9.45 Å². The molecular weight excluding hydrogens is 330 g/mol. The van der Waals surface area contributed by atoms with Crippen LogP contribution in [-0.2, 0) is 16.9 Å². The lowest BCUT2D eigenvalue weighted by Crippen LogP contribution is -2.50. The van der Waals surface area contributed by atoms with Crippen molar-refractivity contribution >= 4 is 11.4 Å². The second-order valence-electron chi connectivity index (χ2n) is 9.33. The van der Waals surface area contributed by atoms with Crippen molar-refractivity contribution in [1.82, 2.24) is 14.6 Å². The summed E-state index contributed by atoms with van der Waals surface area (Å²) in [5.74, 6) is 0.674. The molecule has 1 aliphatic rings. The van der Waals surface area contributed by atoms with Gasteiger partial charge in [0, 0.05) is 29.6 Å². The Morgan fingerprint density at radius 2 is 2.00 bits per heavy atom. The Kier molecular flexibility index (Phi) is 6.25. The number of aromatic nitrogens is 1. The topological polar surface area (TPSA) is 51.2 Å². The minimum Gasteiger partial charge on any atom is -0.598 e. The van der Waals surface area contributed by atoms with Gasteiger partial charge in [0.15, 0.2) is 0 Å². The van der Waals surface area contributed by atoms with Gasteiger partial charge in [-0.3, -0.25) is 4.98 Å². The lowest BCUT2D eigenvalue weighted by Gasteiger charge is -2.35. The first-order valence-corrected chi connectivity index (χ1v) is 10.4. The van der Waals surface area contributed by atoms with Gasteiger partial charge in [0.1, 0.15) is 10.3 Å². The van der Waals surface area contributed by atoms with Gasteiger partial charge in [-0.15, -0.1) is 4.72 Å². The molecule has 0 saturated carbocycles. The zero-order chi connectivity index (χ0) is 18.9. The second-order valence-corrected chi connectivity index (χ2v) is 11.3. The van der Waals surface area contributed by atoms with E-state index >= 15 is 0 Å². The number of hydrogen-bond acceptors (Lipinski definition) is 4. The summed E-state index contributed by atoms with van der Waals surface area (Å²) >= 11 is -1.13. The molecule has 2 heterocycles. The van der Waals surface area contributed by atoms with E-state index in [9.17, 15) is 4.55 Å². The molecule has 4 nitrogen and oxygen atoms in total. The molecule has 1 aromatic heterocycles. The number of hydrogen-bond donors (Lipinski definition) is 1. The molecule has 1 aromatic rings. The number of likely N-dealkylation sites (tertiary alicyclic amines) is 1. The predicted octanol–water partition coefficient (Wildman–Crippen LogP) is 3.86. The van der Waals surface area contributed by atoms with E-state index in [2.05, 4.69) is 42.4 Å². The van der Waals surface area contributed by atoms with Gasteiger partial charge >= 0.3 is 0 Å². The molecule has 1 saturated heterocycles. The van der Waals surface area contributed by atoms with Crippen LogP contribution in [0.4, 0.5) is 0 Å². The van der Waals surface area contributed by atoms with Crippen LogP contribution in [0.2, 0.25) is 0 Å². The third kappa shape index (κ3) is 5.19. The van der Waals surface area contributed by atoms with E-state index in [0.29, 0.717) is 5.92 Å². The monoisotopic (exact) mass is 365 g/mol. The van der Waals surface area contributed by atoms with Crippen molar-refractivity contribution in [3.8, 4) is 0 Å². The van der Waals surface area contributed by atoms with Crippen LogP contribution in [0.15, 0.2) is 24.4 Å². The molecule has 1 fully saturated rings. The summed E-state index contributed by atoms with van der Waals surface area (Å²) in [5, 5.41) is 0. The quantitative estimate of drug-likeness (QED) is 0.778. The molecule has 25 heavy (non-hydrogen) atoms. The average molecular weight is 366 g/mol. The summed E-state index contributed by atoms with van der Waals surface area (Å²) < 4.78 is 15.9. The van der Waals surface area contributed by atoms with Gasteiger partial charge in [0.25, 0.3) is 0 Å². The Morgan fingerprint density at radius 1 is 1.32 bits per heavy atom. The molecule has 0 amide bonds. The highest BCUT2D eigenvalue weighted by atomic mass is 32.2. The van der Waals surface area contributed by atoms with E-state index in [1.54, 1.807) is 0 Å². The summed E-state index contributed by atoms with van der Waals surface area (Å²) in [5.41, 5.74) is 0.858. The maximum absolute atomic E-state index is 12.8. The molecule has 5 heteroatoms. The van der Waals surface area contributed by atoms with Gasteiger partial charge in [0.2, 0.25) is 0 Å². The molecule has 3 atom stereocenters. The first-order chi connectivity index (χ1) is 11.4. The minimum atomic E-state index is -1.13.